The lowest BCUT2D eigenvalue weighted by Crippen LogP contribution is -2.10. The molecule has 3 N–H and O–H groups in total. The molecule has 2 rings (SSSR count). The van der Waals surface area contributed by atoms with Gasteiger partial charge in [-0.3, -0.25) is 14.6 Å². The van der Waals surface area contributed by atoms with Crippen LogP contribution in [0.1, 0.15) is 61.3 Å². The van der Waals surface area contributed by atoms with Crippen molar-refractivity contribution in [3.8, 4) is 5.75 Å². The summed E-state index contributed by atoms with van der Waals surface area (Å²) in [6.45, 7) is 7.27. The average Bonchev–Trinajstić information content (AvgIpc) is 2.77. The lowest BCUT2D eigenvalue weighted by atomic mass is 10.0. The van der Waals surface area contributed by atoms with E-state index >= 15 is 0 Å². The fourth-order valence-corrected chi connectivity index (χ4v) is 3.04. The van der Waals surface area contributed by atoms with E-state index in [-0.39, 0.29) is 37.1 Å². The largest absolute Gasteiger partial charge is 0.512 e. The first-order valence-corrected chi connectivity index (χ1v) is 10.5. The Hall–Kier alpha value is -3.45. The Kier molecular flexibility index (Phi) is 9.16. The first kappa shape index (κ1) is 24.8. The van der Waals surface area contributed by atoms with Gasteiger partial charge in [-0.05, 0) is 50.6 Å². The summed E-state index contributed by atoms with van der Waals surface area (Å²) in [6, 6.07) is 8.56. The molecule has 0 bridgehead atoms. The van der Waals surface area contributed by atoms with Crippen molar-refractivity contribution in [3.05, 3.63) is 76.5 Å². The molecule has 0 amide bonds. The topological polar surface area (TPSA) is 112 Å². The zero-order valence-electron chi connectivity index (χ0n) is 19.0. The molecule has 0 fully saturated rings. The molecule has 7 heteroatoms. The second-order valence-electron chi connectivity index (χ2n) is 7.17. The highest BCUT2D eigenvalue weighted by Gasteiger charge is 2.15. The molecule has 170 valence electrons. The Labute approximate surface area is 188 Å². The highest BCUT2D eigenvalue weighted by Crippen LogP contribution is 2.28. The summed E-state index contributed by atoms with van der Waals surface area (Å²) >= 11 is 0. The molecule has 32 heavy (non-hydrogen) atoms. The maximum Gasteiger partial charge on any atom is 0.310 e. The summed E-state index contributed by atoms with van der Waals surface area (Å²) in [6.07, 6.45) is 3.90. The number of hydrogen-bond acceptors (Lipinski definition) is 7. The van der Waals surface area contributed by atoms with Gasteiger partial charge in [-0.2, -0.15) is 0 Å². The van der Waals surface area contributed by atoms with Gasteiger partial charge in [0.25, 0.3) is 0 Å². The van der Waals surface area contributed by atoms with E-state index in [9.17, 15) is 14.7 Å². The predicted octanol–water partition coefficient (Wildman–Crippen LogP) is 4.51. The number of allylic oxidation sites excluding steroid dienone is 4. The van der Waals surface area contributed by atoms with Crippen LogP contribution in [0.15, 0.2) is 54.1 Å². The highest BCUT2D eigenvalue weighted by molar-refractivity contribution is 5.94. The van der Waals surface area contributed by atoms with Gasteiger partial charge in [0.1, 0.15) is 11.5 Å². The van der Waals surface area contributed by atoms with Crippen LogP contribution in [-0.2, 0) is 22.5 Å². The third-order valence-corrected chi connectivity index (χ3v) is 4.74. The summed E-state index contributed by atoms with van der Waals surface area (Å²) in [5, 5.41) is 10.3. The molecule has 0 spiro atoms. The Morgan fingerprint density at radius 1 is 1.12 bits per heavy atom. The minimum atomic E-state index is -0.382. The number of Topliss-reactive ketones (excluding diaryl/α,β-unsaturated/α-hetero) is 1. The predicted molar refractivity (Wildman–Crippen MR) is 123 cm³/mol. The van der Waals surface area contributed by atoms with Gasteiger partial charge in [0, 0.05) is 35.9 Å². The minimum Gasteiger partial charge on any atom is -0.512 e. The van der Waals surface area contributed by atoms with Crippen LogP contribution >= 0.6 is 0 Å². The number of benzene rings is 1. The number of ether oxygens (including phenoxy) is 2. The molecule has 0 unspecified atom stereocenters. The van der Waals surface area contributed by atoms with Crippen LogP contribution in [-0.4, -0.2) is 28.4 Å². The first-order chi connectivity index (χ1) is 15.3. The molecule has 1 aromatic heterocycles. The zero-order chi connectivity index (χ0) is 23.7. The molecular formula is C25H30N2O5. The van der Waals surface area contributed by atoms with Crippen molar-refractivity contribution < 1.29 is 24.2 Å². The summed E-state index contributed by atoms with van der Waals surface area (Å²) in [7, 11) is 0. The van der Waals surface area contributed by atoms with Crippen molar-refractivity contribution in [3.63, 3.8) is 0 Å². The van der Waals surface area contributed by atoms with Gasteiger partial charge in [0.05, 0.1) is 24.5 Å². The minimum absolute atomic E-state index is 0.0181. The third-order valence-electron chi connectivity index (χ3n) is 4.74. The maximum absolute atomic E-state index is 12.0. The van der Waals surface area contributed by atoms with Gasteiger partial charge < -0.3 is 20.3 Å². The SMILES string of the molecule is CCOC(=O)Cc1ccc(C(C)=O)cc1O/C(=C/C(=C(\C)O)c1ccnc(CN)c1)CC. The standard InChI is InChI=1S/C25H30N2O5/c1-5-22(14-23(17(4)29)19-9-10-27-21(11-19)15-26)32-24-12-18(16(3)28)7-8-20(24)13-25(30)31-6-2/h7-12,14,29H,5-6,13,15,26H2,1-4H3/b22-14+,23-17-. The number of pyridine rings is 1. The molecule has 0 aliphatic rings. The van der Waals surface area contributed by atoms with E-state index in [0.29, 0.717) is 40.3 Å². The number of nitrogens with two attached hydrogens (primary N) is 1. The van der Waals surface area contributed by atoms with Crippen molar-refractivity contribution in [1.29, 1.82) is 0 Å². The molecule has 0 radical (unpaired) electrons. The number of esters is 1. The summed E-state index contributed by atoms with van der Waals surface area (Å²) in [5.41, 5.74) is 8.78. The first-order valence-electron chi connectivity index (χ1n) is 10.5. The van der Waals surface area contributed by atoms with Crippen LogP contribution in [0.3, 0.4) is 0 Å². The molecule has 0 aliphatic heterocycles. The Bertz CT molecular complexity index is 1040. The van der Waals surface area contributed by atoms with Gasteiger partial charge in [0.15, 0.2) is 5.78 Å². The van der Waals surface area contributed by atoms with E-state index in [4.69, 9.17) is 15.2 Å². The summed E-state index contributed by atoms with van der Waals surface area (Å²) in [5.74, 6) is 0.555. The molecule has 2 aromatic rings. The van der Waals surface area contributed by atoms with Gasteiger partial charge in [0.2, 0.25) is 0 Å². The average molecular weight is 439 g/mol. The highest BCUT2D eigenvalue weighted by atomic mass is 16.5. The maximum atomic E-state index is 12.0. The summed E-state index contributed by atoms with van der Waals surface area (Å²) < 4.78 is 11.2. The number of aliphatic hydroxyl groups excluding tert-OH is 1. The number of aliphatic hydroxyl groups is 1. The summed E-state index contributed by atoms with van der Waals surface area (Å²) in [4.78, 5) is 28.1. The van der Waals surface area contributed by atoms with E-state index < -0.39 is 0 Å². The molecular weight excluding hydrogens is 408 g/mol. The number of carbonyl (C=O) groups excluding carboxylic acids is 2. The lowest BCUT2D eigenvalue weighted by molar-refractivity contribution is -0.142. The second-order valence-corrected chi connectivity index (χ2v) is 7.17. The van der Waals surface area contributed by atoms with Crippen LogP contribution in [0.2, 0.25) is 0 Å². The van der Waals surface area contributed by atoms with Gasteiger partial charge >= 0.3 is 5.97 Å². The van der Waals surface area contributed by atoms with E-state index in [0.717, 1.165) is 5.56 Å². The quantitative estimate of drug-likeness (QED) is 0.243. The number of hydrogen-bond donors (Lipinski definition) is 2. The molecule has 0 saturated carbocycles. The van der Waals surface area contributed by atoms with Crippen LogP contribution in [0.5, 0.6) is 5.75 Å². The number of carbonyl (C=O) groups is 2. The van der Waals surface area contributed by atoms with Gasteiger partial charge in [-0.25, -0.2) is 0 Å². The van der Waals surface area contributed by atoms with Crippen molar-refractivity contribution in [2.24, 2.45) is 5.73 Å². The number of aromatic nitrogens is 1. The van der Waals surface area contributed by atoms with Crippen LogP contribution in [0.4, 0.5) is 0 Å². The normalized spacial score (nSPS) is 12.2. The third kappa shape index (κ3) is 6.78. The van der Waals surface area contributed by atoms with E-state index in [1.54, 1.807) is 56.5 Å². The van der Waals surface area contributed by atoms with Gasteiger partial charge in [-0.15, -0.1) is 0 Å². The van der Waals surface area contributed by atoms with E-state index in [1.165, 1.54) is 6.92 Å². The number of nitrogens with zero attached hydrogens (tertiary/aromatic N) is 1. The van der Waals surface area contributed by atoms with Crippen molar-refractivity contribution >= 4 is 17.3 Å². The van der Waals surface area contributed by atoms with Crippen LogP contribution < -0.4 is 10.5 Å². The van der Waals surface area contributed by atoms with Crippen LogP contribution in [0.25, 0.3) is 5.57 Å². The van der Waals surface area contributed by atoms with E-state index in [2.05, 4.69) is 4.98 Å². The Morgan fingerprint density at radius 2 is 1.88 bits per heavy atom. The zero-order valence-corrected chi connectivity index (χ0v) is 19.0. The van der Waals surface area contributed by atoms with Crippen molar-refractivity contribution in [2.75, 3.05) is 6.61 Å². The van der Waals surface area contributed by atoms with Crippen molar-refractivity contribution in [1.82, 2.24) is 4.98 Å². The van der Waals surface area contributed by atoms with Crippen molar-refractivity contribution in [2.45, 2.75) is 47.1 Å². The smallest absolute Gasteiger partial charge is 0.310 e. The molecule has 7 nitrogen and oxygen atoms in total. The molecule has 0 saturated heterocycles. The van der Waals surface area contributed by atoms with E-state index in [1.807, 2.05) is 6.92 Å². The van der Waals surface area contributed by atoms with Crippen LogP contribution in [0, 0.1) is 0 Å². The molecule has 0 aliphatic carbocycles. The fraction of sp³-hybridized carbons (Fsp3) is 0.320. The Balaban J connectivity index is 2.47. The molecule has 1 aromatic carbocycles. The fourth-order valence-electron chi connectivity index (χ4n) is 3.04. The molecule has 0 atom stereocenters. The number of rotatable bonds is 10. The lowest BCUT2D eigenvalue weighted by Gasteiger charge is -2.15. The second kappa shape index (κ2) is 11.8. The molecule has 1 heterocycles. The Morgan fingerprint density at radius 3 is 2.47 bits per heavy atom. The van der Waals surface area contributed by atoms with Gasteiger partial charge in [-0.1, -0.05) is 19.1 Å². The number of ketones is 1. The monoisotopic (exact) mass is 438 g/mol.